The fourth-order valence-corrected chi connectivity index (χ4v) is 11.5. The maximum Gasteiger partial charge on any atom is 0.314 e. The van der Waals surface area contributed by atoms with Crippen molar-refractivity contribution in [3.05, 3.63) is 11.6 Å². The SMILES string of the molecule is COC(=O)[C@]1(C)[C@@H](O)[C@H](O)C[C@]2(C)C3=CC[C@@]4(C)[C@@H]5CC[C@H](C(C)C)[C@@]5(C)CC[C@]4(C)[C@H]3CC[C@@H]12. The van der Waals surface area contributed by atoms with Crippen LogP contribution in [-0.4, -0.2) is 35.5 Å². The zero-order valence-electron chi connectivity index (χ0n) is 23.5. The van der Waals surface area contributed by atoms with Crippen LogP contribution in [0.25, 0.3) is 0 Å². The van der Waals surface area contributed by atoms with E-state index in [-0.39, 0.29) is 28.1 Å². The van der Waals surface area contributed by atoms with E-state index >= 15 is 0 Å². The van der Waals surface area contributed by atoms with Crippen molar-refractivity contribution in [2.24, 2.45) is 56.7 Å². The summed E-state index contributed by atoms with van der Waals surface area (Å²) in [6.45, 7) is 16.8. The van der Waals surface area contributed by atoms with E-state index in [0.717, 1.165) is 37.0 Å². The molecule has 4 saturated carbocycles. The lowest BCUT2D eigenvalue weighted by Crippen LogP contribution is -2.66. The molecule has 5 aliphatic rings. The van der Waals surface area contributed by atoms with Gasteiger partial charge in [0.15, 0.2) is 0 Å². The van der Waals surface area contributed by atoms with Crippen LogP contribution in [0.1, 0.15) is 99.8 Å². The van der Waals surface area contributed by atoms with Gasteiger partial charge in [-0.25, -0.2) is 0 Å². The lowest BCUT2D eigenvalue weighted by Gasteiger charge is -2.69. The lowest BCUT2D eigenvalue weighted by atomic mass is 9.35. The van der Waals surface area contributed by atoms with Gasteiger partial charge < -0.3 is 14.9 Å². The molecule has 5 aliphatic carbocycles. The van der Waals surface area contributed by atoms with Crippen molar-refractivity contribution in [1.29, 1.82) is 0 Å². The molecular formula is C31H50O4. The number of esters is 1. The maximum atomic E-state index is 13.1. The number of aliphatic hydroxyl groups excluding tert-OH is 2. The second kappa shape index (κ2) is 7.82. The highest BCUT2D eigenvalue weighted by molar-refractivity contribution is 5.78. The van der Waals surface area contributed by atoms with Gasteiger partial charge in [-0.15, -0.1) is 0 Å². The van der Waals surface area contributed by atoms with Gasteiger partial charge in [0.2, 0.25) is 0 Å². The van der Waals surface area contributed by atoms with E-state index in [1.165, 1.54) is 38.4 Å². The largest absolute Gasteiger partial charge is 0.469 e. The summed E-state index contributed by atoms with van der Waals surface area (Å²) in [5.74, 6) is 2.39. The smallest absolute Gasteiger partial charge is 0.314 e. The number of fused-ring (bicyclic) bond motifs is 7. The van der Waals surface area contributed by atoms with Crippen molar-refractivity contribution in [3.8, 4) is 0 Å². The number of ether oxygens (including phenoxy) is 1. The third kappa shape index (κ3) is 2.96. The topological polar surface area (TPSA) is 66.8 Å². The molecule has 11 atom stereocenters. The van der Waals surface area contributed by atoms with Crippen molar-refractivity contribution in [1.82, 2.24) is 0 Å². The molecule has 0 radical (unpaired) electrons. The van der Waals surface area contributed by atoms with Gasteiger partial charge in [-0.2, -0.15) is 0 Å². The molecule has 0 aliphatic heterocycles. The van der Waals surface area contributed by atoms with Crippen LogP contribution in [0.3, 0.4) is 0 Å². The number of aliphatic hydroxyl groups is 2. The summed E-state index contributed by atoms with van der Waals surface area (Å²) in [6, 6.07) is 0. The van der Waals surface area contributed by atoms with Crippen molar-refractivity contribution in [2.45, 2.75) is 112 Å². The zero-order valence-corrected chi connectivity index (χ0v) is 23.5. The molecule has 35 heavy (non-hydrogen) atoms. The number of carbonyl (C=O) groups is 1. The van der Waals surface area contributed by atoms with Crippen molar-refractivity contribution in [3.63, 3.8) is 0 Å². The van der Waals surface area contributed by atoms with Crippen LogP contribution >= 0.6 is 0 Å². The summed E-state index contributed by atoms with van der Waals surface area (Å²) in [4.78, 5) is 13.1. The highest BCUT2D eigenvalue weighted by Gasteiger charge is 2.70. The Hall–Kier alpha value is -0.870. The van der Waals surface area contributed by atoms with Gasteiger partial charge >= 0.3 is 5.97 Å². The summed E-state index contributed by atoms with van der Waals surface area (Å²) < 4.78 is 5.22. The third-order valence-corrected chi connectivity index (χ3v) is 13.5. The predicted molar refractivity (Wildman–Crippen MR) is 138 cm³/mol. The molecule has 0 bridgehead atoms. The first-order valence-electron chi connectivity index (χ1n) is 14.4. The molecule has 0 aromatic heterocycles. The molecule has 0 aromatic carbocycles. The molecule has 0 aromatic rings. The monoisotopic (exact) mass is 486 g/mol. The highest BCUT2D eigenvalue weighted by atomic mass is 16.5. The van der Waals surface area contributed by atoms with Crippen molar-refractivity contribution < 1.29 is 19.7 Å². The Morgan fingerprint density at radius 3 is 2.26 bits per heavy atom. The maximum absolute atomic E-state index is 13.1. The lowest BCUT2D eigenvalue weighted by molar-refractivity contribution is -0.208. The summed E-state index contributed by atoms with van der Waals surface area (Å²) in [6.07, 6.45) is 9.43. The van der Waals surface area contributed by atoms with Gasteiger partial charge in [-0.05, 0) is 110 Å². The van der Waals surface area contributed by atoms with E-state index in [4.69, 9.17) is 4.74 Å². The average molecular weight is 487 g/mol. The summed E-state index contributed by atoms with van der Waals surface area (Å²) in [5.41, 5.74) is 1.02. The Kier molecular flexibility index (Phi) is 5.76. The van der Waals surface area contributed by atoms with E-state index < -0.39 is 17.6 Å². The molecule has 4 fully saturated rings. The fraction of sp³-hybridized carbons (Fsp3) is 0.903. The highest BCUT2D eigenvalue weighted by Crippen LogP contribution is 2.76. The quantitative estimate of drug-likeness (QED) is 0.363. The second-order valence-corrected chi connectivity index (χ2v) is 14.8. The van der Waals surface area contributed by atoms with Gasteiger partial charge in [-0.3, -0.25) is 4.79 Å². The Morgan fingerprint density at radius 1 is 0.971 bits per heavy atom. The zero-order chi connectivity index (χ0) is 25.8. The van der Waals surface area contributed by atoms with E-state index in [1.54, 1.807) is 0 Å². The number of hydrogen-bond donors (Lipinski definition) is 2. The number of methoxy groups -OCH3 is 1. The van der Waals surface area contributed by atoms with Gasteiger partial charge in [0, 0.05) is 0 Å². The van der Waals surface area contributed by atoms with E-state index in [2.05, 4.69) is 47.6 Å². The number of allylic oxidation sites excluding steroid dienone is 2. The molecular weight excluding hydrogens is 436 g/mol. The van der Waals surface area contributed by atoms with Crippen LogP contribution in [-0.2, 0) is 9.53 Å². The Bertz CT molecular complexity index is 925. The van der Waals surface area contributed by atoms with E-state index in [0.29, 0.717) is 17.8 Å². The van der Waals surface area contributed by atoms with Crippen molar-refractivity contribution >= 4 is 5.97 Å². The van der Waals surface area contributed by atoms with Crippen LogP contribution in [0.4, 0.5) is 0 Å². The van der Waals surface area contributed by atoms with Crippen LogP contribution in [0.5, 0.6) is 0 Å². The fourth-order valence-electron chi connectivity index (χ4n) is 11.5. The van der Waals surface area contributed by atoms with E-state index in [1.807, 2.05) is 6.92 Å². The minimum atomic E-state index is -1.09. The number of hydrogen-bond acceptors (Lipinski definition) is 4. The molecule has 0 heterocycles. The van der Waals surface area contributed by atoms with Gasteiger partial charge in [-0.1, -0.05) is 53.2 Å². The minimum Gasteiger partial charge on any atom is -0.469 e. The first kappa shape index (κ1) is 25.8. The average Bonchev–Trinajstić information content (AvgIpc) is 3.16. The molecule has 198 valence electrons. The minimum absolute atomic E-state index is 0.0260. The Balaban J connectivity index is 1.58. The Morgan fingerprint density at radius 2 is 1.63 bits per heavy atom. The number of carbonyl (C=O) groups excluding carboxylic acids is 1. The molecule has 4 heteroatoms. The first-order valence-corrected chi connectivity index (χ1v) is 14.4. The predicted octanol–water partition coefficient (Wildman–Crippen LogP) is 6.15. The molecule has 0 unspecified atom stereocenters. The normalized spacial score (nSPS) is 55.3. The molecule has 0 spiro atoms. The number of rotatable bonds is 2. The van der Waals surface area contributed by atoms with Gasteiger partial charge in [0.05, 0.1) is 24.7 Å². The molecule has 5 rings (SSSR count). The Labute approximate surface area is 213 Å². The summed E-state index contributed by atoms with van der Waals surface area (Å²) >= 11 is 0. The van der Waals surface area contributed by atoms with Crippen LogP contribution in [0, 0.1) is 56.7 Å². The van der Waals surface area contributed by atoms with Crippen molar-refractivity contribution in [2.75, 3.05) is 7.11 Å². The third-order valence-electron chi connectivity index (χ3n) is 13.5. The molecule has 0 amide bonds. The standard InChI is InChI=1S/C31H50O4/c1-18(2)19-9-11-23-27(19,3)15-16-29(5)21-10-12-24-28(4,20(21)13-14-30(23,29)6)17-22(32)25(33)31(24,7)26(34)35-8/h13,18-19,21-25,32-33H,9-12,14-17H2,1-8H3/t19-,21+,22-,23-,24-,25+,27-,28-,29-,30+,31+/m1/s1. The first-order chi connectivity index (χ1) is 16.2. The van der Waals surface area contributed by atoms with Crippen LogP contribution < -0.4 is 0 Å². The van der Waals surface area contributed by atoms with Gasteiger partial charge in [0.25, 0.3) is 0 Å². The van der Waals surface area contributed by atoms with Crippen LogP contribution in [0.2, 0.25) is 0 Å². The molecule has 2 N–H and O–H groups in total. The second-order valence-electron chi connectivity index (χ2n) is 14.8. The van der Waals surface area contributed by atoms with Gasteiger partial charge in [0.1, 0.15) is 0 Å². The van der Waals surface area contributed by atoms with Crippen LogP contribution in [0.15, 0.2) is 11.6 Å². The molecule has 0 saturated heterocycles. The molecule has 4 nitrogen and oxygen atoms in total. The summed E-state index contributed by atoms with van der Waals surface area (Å²) in [5, 5.41) is 22.1. The van der Waals surface area contributed by atoms with E-state index in [9.17, 15) is 15.0 Å². The summed E-state index contributed by atoms with van der Waals surface area (Å²) in [7, 11) is 1.40.